The molecule has 1 aromatic carbocycles. The molecule has 1 aliphatic rings. The lowest BCUT2D eigenvalue weighted by Gasteiger charge is -2.32. The van der Waals surface area contributed by atoms with Crippen LogP contribution < -0.4 is 4.74 Å². The van der Waals surface area contributed by atoms with Gasteiger partial charge in [0.25, 0.3) is 0 Å². The fourth-order valence-corrected chi connectivity index (χ4v) is 2.55. The van der Waals surface area contributed by atoms with Gasteiger partial charge in [-0.2, -0.15) is 13.2 Å². The molecule has 2 rings (SSSR count). The van der Waals surface area contributed by atoms with Crippen molar-refractivity contribution in [2.45, 2.75) is 38.0 Å². The lowest BCUT2D eigenvalue weighted by Crippen LogP contribution is -2.43. The van der Waals surface area contributed by atoms with Crippen LogP contribution in [0, 0.1) is 0 Å². The van der Waals surface area contributed by atoms with Crippen molar-refractivity contribution in [3.63, 3.8) is 0 Å². The van der Waals surface area contributed by atoms with E-state index >= 15 is 0 Å². The largest absolute Gasteiger partial charge is 0.484 e. The van der Waals surface area contributed by atoms with Crippen molar-refractivity contribution in [1.29, 1.82) is 0 Å². The number of carbonyl (C=O) groups is 1. The minimum Gasteiger partial charge on any atom is -0.484 e. The highest BCUT2D eigenvalue weighted by atomic mass is 19.4. The number of hydrogen-bond donors (Lipinski definition) is 1. The number of halogens is 3. The van der Waals surface area contributed by atoms with Crippen molar-refractivity contribution in [1.82, 2.24) is 4.90 Å². The van der Waals surface area contributed by atoms with Crippen molar-refractivity contribution in [3.8, 4) is 5.75 Å². The second-order valence-corrected chi connectivity index (χ2v) is 5.37. The summed E-state index contributed by atoms with van der Waals surface area (Å²) < 4.78 is 40.8. The van der Waals surface area contributed by atoms with Crippen LogP contribution in [0.5, 0.6) is 5.75 Å². The van der Waals surface area contributed by atoms with Crippen LogP contribution in [0.15, 0.2) is 24.3 Å². The summed E-state index contributed by atoms with van der Waals surface area (Å²) in [6.07, 6.45) is -1.88. The summed E-state index contributed by atoms with van der Waals surface area (Å²) in [5.41, 5.74) is 0.854. The molecule has 1 aromatic rings. The van der Waals surface area contributed by atoms with E-state index in [4.69, 9.17) is 0 Å². The number of rotatable bonds is 5. The van der Waals surface area contributed by atoms with E-state index in [0.717, 1.165) is 18.4 Å². The smallest absolute Gasteiger partial charge is 0.422 e. The number of likely N-dealkylation sites (tertiary alicyclic amines) is 1. The summed E-state index contributed by atoms with van der Waals surface area (Å²) >= 11 is 0. The van der Waals surface area contributed by atoms with Gasteiger partial charge in [-0.15, -0.1) is 0 Å². The number of carboxylic acids is 1. The standard InChI is InChI=1S/C15H18F3NO3/c16-15(17,18)10-22-12-6-4-11(5-7-12)9-19-8-2-1-3-13(19)14(20)21/h4-7,13H,1-3,8-10H2,(H,20,21). The van der Waals surface area contributed by atoms with E-state index in [-0.39, 0.29) is 5.75 Å². The number of piperidine rings is 1. The van der Waals surface area contributed by atoms with Gasteiger partial charge < -0.3 is 9.84 Å². The summed E-state index contributed by atoms with van der Waals surface area (Å²) in [6, 6.07) is 5.79. The molecule has 1 unspecified atom stereocenters. The molecule has 0 bridgehead atoms. The molecule has 1 N–H and O–H groups in total. The monoisotopic (exact) mass is 317 g/mol. The molecule has 4 nitrogen and oxygen atoms in total. The first kappa shape index (κ1) is 16.6. The van der Waals surface area contributed by atoms with Gasteiger partial charge in [0.05, 0.1) is 0 Å². The van der Waals surface area contributed by atoms with Crippen LogP contribution in [0.3, 0.4) is 0 Å². The van der Waals surface area contributed by atoms with Crippen LogP contribution in [0.25, 0.3) is 0 Å². The lowest BCUT2D eigenvalue weighted by atomic mass is 10.0. The predicted octanol–water partition coefficient (Wildman–Crippen LogP) is 3.07. The van der Waals surface area contributed by atoms with Crippen LogP contribution in [-0.2, 0) is 11.3 Å². The average Bonchev–Trinajstić information content (AvgIpc) is 2.46. The van der Waals surface area contributed by atoms with Crippen LogP contribution >= 0.6 is 0 Å². The number of aliphatic carboxylic acids is 1. The van der Waals surface area contributed by atoms with Crippen LogP contribution in [-0.4, -0.2) is 41.3 Å². The Morgan fingerprint density at radius 1 is 1.27 bits per heavy atom. The van der Waals surface area contributed by atoms with Crippen molar-refractivity contribution in [2.75, 3.05) is 13.2 Å². The first-order valence-corrected chi connectivity index (χ1v) is 7.10. The molecule has 0 spiro atoms. The Balaban J connectivity index is 1.94. The maximum atomic E-state index is 12.1. The fourth-order valence-electron chi connectivity index (χ4n) is 2.55. The Labute approximate surface area is 126 Å². The number of benzene rings is 1. The Bertz CT molecular complexity index is 502. The van der Waals surface area contributed by atoms with Gasteiger partial charge in [-0.1, -0.05) is 18.6 Å². The number of carboxylic acid groups (broad SMARTS) is 1. The minimum atomic E-state index is -4.36. The first-order chi connectivity index (χ1) is 10.3. The summed E-state index contributed by atoms with van der Waals surface area (Å²) in [4.78, 5) is 13.1. The Morgan fingerprint density at radius 2 is 1.95 bits per heavy atom. The fraction of sp³-hybridized carbons (Fsp3) is 0.533. The molecule has 1 aliphatic heterocycles. The average molecular weight is 317 g/mol. The highest BCUT2D eigenvalue weighted by Gasteiger charge is 2.29. The highest BCUT2D eigenvalue weighted by molar-refractivity contribution is 5.73. The highest BCUT2D eigenvalue weighted by Crippen LogP contribution is 2.22. The van der Waals surface area contributed by atoms with Gasteiger partial charge in [-0.3, -0.25) is 9.69 Å². The Morgan fingerprint density at radius 3 is 2.55 bits per heavy atom. The topological polar surface area (TPSA) is 49.8 Å². The molecule has 0 aromatic heterocycles. The van der Waals surface area contributed by atoms with Crippen molar-refractivity contribution in [2.24, 2.45) is 0 Å². The molecule has 1 heterocycles. The number of nitrogens with zero attached hydrogens (tertiary/aromatic N) is 1. The van der Waals surface area contributed by atoms with E-state index in [1.807, 2.05) is 4.90 Å². The van der Waals surface area contributed by atoms with Gasteiger partial charge in [-0.25, -0.2) is 0 Å². The van der Waals surface area contributed by atoms with E-state index in [9.17, 15) is 23.1 Å². The zero-order valence-electron chi connectivity index (χ0n) is 12.0. The zero-order valence-corrected chi connectivity index (χ0v) is 12.0. The van der Waals surface area contributed by atoms with Gasteiger partial charge in [-0.05, 0) is 37.1 Å². The van der Waals surface area contributed by atoms with E-state index in [0.29, 0.717) is 19.5 Å². The van der Waals surface area contributed by atoms with Crippen molar-refractivity contribution >= 4 is 5.97 Å². The third-order valence-corrected chi connectivity index (χ3v) is 3.61. The summed E-state index contributed by atoms with van der Waals surface area (Å²) in [7, 11) is 0. The molecule has 0 aliphatic carbocycles. The maximum Gasteiger partial charge on any atom is 0.422 e. The molecule has 1 saturated heterocycles. The van der Waals surface area contributed by atoms with Gasteiger partial charge in [0, 0.05) is 6.54 Å². The zero-order chi connectivity index (χ0) is 16.2. The van der Waals surface area contributed by atoms with Gasteiger partial charge >= 0.3 is 12.1 Å². The third-order valence-electron chi connectivity index (χ3n) is 3.61. The summed E-state index contributed by atoms with van der Waals surface area (Å²) in [6.45, 7) is -0.140. The summed E-state index contributed by atoms with van der Waals surface area (Å²) in [5, 5.41) is 9.21. The van der Waals surface area contributed by atoms with Crippen LogP contribution in [0.2, 0.25) is 0 Å². The summed E-state index contributed by atoms with van der Waals surface area (Å²) in [5.74, 6) is -0.681. The second kappa shape index (κ2) is 7.00. The van der Waals surface area contributed by atoms with Gasteiger partial charge in [0.2, 0.25) is 0 Å². The molecule has 1 atom stereocenters. The normalized spacial score (nSPS) is 19.9. The molecule has 0 saturated carbocycles. The molecule has 22 heavy (non-hydrogen) atoms. The molecular formula is C15H18F3NO3. The lowest BCUT2D eigenvalue weighted by molar-refractivity contribution is -0.153. The number of hydrogen-bond acceptors (Lipinski definition) is 3. The van der Waals surface area contributed by atoms with Crippen molar-refractivity contribution < 1.29 is 27.8 Å². The maximum absolute atomic E-state index is 12.1. The molecule has 7 heteroatoms. The molecule has 122 valence electrons. The second-order valence-electron chi connectivity index (χ2n) is 5.37. The quantitative estimate of drug-likeness (QED) is 0.907. The van der Waals surface area contributed by atoms with Crippen LogP contribution in [0.4, 0.5) is 13.2 Å². The van der Waals surface area contributed by atoms with E-state index in [1.54, 1.807) is 12.1 Å². The predicted molar refractivity (Wildman–Crippen MR) is 73.7 cm³/mol. The number of alkyl halides is 3. The minimum absolute atomic E-state index is 0.148. The van der Waals surface area contributed by atoms with E-state index in [1.165, 1.54) is 12.1 Å². The molecule has 0 amide bonds. The molecular weight excluding hydrogens is 299 g/mol. The molecule has 0 radical (unpaired) electrons. The van der Waals surface area contributed by atoms with Crippen molar-refractivity contribution in [3.05, 3.63) is 29.8 Å². The Kier molecular flexibility index (Phi) is 5.28. The Hall–Kier alpha value is -1.76. The van der Waals surface area contributed by atoms with Crippen LogP contribution in [0.1, 0.15) is 24.8 Å². The number of ether oxygens (including phenoxy) is 1. The molecule has 1 fully saturated rings. The SMILES string of the molecule is O=C(O)C1CCCCN1Cc1ccc(OCC(F)(F)F)cc1. The third kappa shape index (κ3) is 4.91. The van der Waals surface area contributed by atoms with Gasteiger partial charge in [0.1, 0.15) is 11.8 Å². The van der Waals surface area contributed by atoms with Gasteiger partial charge in [0.15, 0.2) is 6.61 Å². The van der Waals surface area contributed by atoms with E-state index in [2.05, 4.69) is 4.74 Å². The first-order valence-electron chi connectivity index (χ1n) is 7.10. The van der Waals surface area contributed by atoms with E-state index < -0.39 is 24.8 Å².